The van der Waals surface area contributed by atoms with Gasteiger partial charge < -0.3 is 10.5 Å². The molecule has 0 aromatic heterocycles. The Morgan fingerprint density at radius 3 is 2.53 bits per heavy atom. The summed E-state index contributed by atoms with van der Waals surface area (Å²) in [5.41, 5.74) is 7.63. The summed E-state index contributed by atoms with van der Waals surface area (Å²) in [7, 11) is 0. The van der Waals surface area contributed by atoms with Crippen LogP contribution in [-0.2, 0) is 6.54 Å². The summed E-state index contributed by atoms with van der Waals surface area (Å²) in [6.45, 7) is 2.43. The summed E-state index contributed by atoms with van der Waals surface area (Å²) < 4.78 is 6.56. The highest BCUT2D eigenvalue weighted by atomic mass is 79.9. The van der Waals surface area contributed by atoms with Crippen molar-refractivity contribution in [2.75, 3.05) is 0 Å². The van der Waals surface area contributed by atoms with E-state index in [0.29, 0.717) is 22.3 Å². The van der Waals surface area contributed by atoms with Crippen LogP contribution in [0.15, 0.2) is 34.8 Å². The fourth-order valence-corrected chi connectivity index (χ4v) is 2.41. The summed E-state index contributed by atoms with van der Waals surface area (Å²) in [5, 5.41) is 1.04. The van der Waals surface area contributed by atoms with Gasteiger partial charge >= 0.3 is 0 Å². The van der Waals surface area contributed by atoms with Crippen LogP contribution in [0.2, 0.25) is 10.0 Å². The van der Waals surface area contributed by atoms with E-state index >= 15 is 0 Å². The number of halogens is 3. The predicted octanol–water partition coefficient (Wildman–Crippen LogP) is 5.32. The van der Waals surface area contributed by atoms with Crippen molar-refractivity contribution in [3.8, 4) is 11.5 Å². The Bertz CT molecular complexity index is 617. The average molecular weight is 361 g/mol. The van der Waals surface area contributed by atoms with E-state index in [2.05, 4.69) is 15.9 Å². The zero-order chi connectivity index (χ0) is 14.0. The van der Waals surface area contributed by atoms with Gasteiger partial charge in [-0.05, 0) is 46.1 Å². The van der Waals surface area contributed by atoms with Crippen molar-refractivity contribution < 1.29 is 4.74 Å². The molecule has 0 bridgehead atoms. The van der Waals surface area contributed by atoms with Crippen molar-refractivity contribution >= 4 is 39.1 Å². The molecule has 0 radical (unpaired) electrons. The SMILES string of the molecule is Cc1ccc(CN)cc1Oc1cc(Cl)c(Br)cc1Cl. The third kappa shape index (κ3) is 3.42. The van der Waals surface area contributed by atoms with Gasteiger partial charge in [0.05, 0.1) is 10.0 Å². The highest BCUT2D eigenvalue weighted by Crippen LogP contribution is 2.37. The van der Waals surface area contributed by atoms with Crippen LogP contribution >= 0.6 is 39.1 Å². The van der Waals surface area contributed by atoms with Crippen molar-refractivity contribution in [2.24, 2.45) is 5.73 Å². The first-order chi connectivity index (χ1) is 9.01. The fourth-order valence-electron chi connectivity index (χ4n) is 1.58. The van der Waals surface area contributed by atoms with Gasteiger partial charge in [0.1, 0.15) is 11.5 Å². The van der Waals surface area contributed by atoms with Gasteiger partial charge in [-0.15, -0.1) is 0 Å². The van der Waals surface area contributed by atoms with Gasteiger partial charge in [-0.1, -0.05) is 35.3 Å². The quantitative estimate of drug-likeness (QED) is 0.752. The molecule has 0 atom stereocenters. The number of ether oxygens (including phenoxy) is 1. The van der Waals surface area contributed by atoms with Gasteiger partial charge in [0.2, 0.25) is 0 Å². The Morgan fingerprint density at radius 2 is 1.84 bits per heavy atom. The van der Waals surface area contributed by atoms with E-state index in [-0.39, 0.29) is 0 Å². The summed E-state index contributed by atoms with van der Waals surface area (Å²) in [4.78, 5) is 0. The van der Waals surface area contributed by atoms with Crippen LogP contribution in [0, 0.1) is 6.92 Å². The maximum Gasteiger partial charge on any atom is 0.147 e. The van der Waals surface area contributed by atoms with Gasteiger partial charge in [0, 0.05) is 17.1 Å². The maximum absolute atomic E-state index is 6.14. The van der Waals surface area contributed by atoms with Gasteiger partial charge in [0.15, 0.2) is 0 Å². The Kier molecular flexibility index (Phi) is 4.74. The molecule has 0 amide bonds. The lowest BCUT2D eigenvalue weighted by atomic mass is 10.1. The van der Waals surface area contributed by atoms with E-state index in [9.17, 15) is 0 Å². The summed E-state index contributed by atoms with van der Waals surface area (Å²) in [5.74, 6) is 1.25. The molecule has 5 heteroatoms. The first kappa shape index (κ1) is 14.7. The largest absolute Gasteiger partial charge is 0.455 e. The van der Waals surface area contributed by atoms with E-state index in [1.54, 1.807) is 12.1 Å². The lowest BCUT2D eigenvalue weighted by Gasteiger charge is -2.12. The molecule has 0 aliphatic rings. The molecule has 0 unspecified atom stereocenters. The van der Waals surface area contributed by atoms with Crippen LogP contribution in [0.4, 0.5) is 0 Å². The topological polar surface area (TPSA) is 35.2 Å². The van der Waals surface area contributed by atoms with Gasteiger partial charge in [-0.2, -0.15) is 0 Å². The standard InChI is InChI=1S/C14H12BrCl2NO/c1-8-2-3-9(7-18)4-13(8)19-14-6-11(16)10(15)5-12(14)17/h2-6H,7,18H2,1H3. The molecule has 0 aliphatic carbocycles. The lowest BCUT2D eigenvalue weighted by molar-refractivity contribution is 0.478. The molecular formula is C14H12BrCl2NO. The number of aryl methyl sites for hydroxylation is 1. The molecule has 2 N–H and O–H groups in total. The van der Waals surface area contributed by atoms with E-state index in [1.807, 2.05) is 25.1 Å². The van der Waals surface area contributed by atoms with E-state index in [4.69, 9.17) is 33.7 Å². The van der Waals surface area contributed by atoms with E-state index in [0.717, 1.165) is 21.3 Å². The molecule has 2 rings (SSSR count). The predicted molar refractivity (Wildman–Crippen MR) is 83.3 cm³/mol. The molecule has 2 nitrogen and oxygen atoms in total. The van der Waals surface area contributed by atoms with Crippen molar-refractivity contribution in [3.63, 3.8) is 0 Å². The molecule has 0 heterocycles. The molecule has 0 fully saturated rings. The van der Waals surface area contributed by atoms with Gasteiger partial charge in [-0.25, -0.2) is 0 Å². The van der Waals surface area contributed by atoms with Gasteiger partial charge in [0.25, 0.3) is 0 Å². The zero-order valence-electron chi connectivity index (χ0n) is 10.2. The molecule has 2 aromatic rings. The molecule has 0 aliphatic heterocycles. The molecule has 0 saturated carbocycles. The lowest BCUT2D eigenvalue weighted by Crippen LogP contribution is -1.97. The number of nitrogens with two attached hydrogens (primary N) is 1. The summed E-state index contributed by atoms with van der Waals surface area (Å²) in [6, 6.07) is 9.23. The molecule has 2 aromatic carbocycles. The second kappa shape index (κ2) is 6.14. The van der Waals surface area contributed by atoms with Crippen LogP contribution in [-0.4, -0.2) is 0 Å². The highest BCUT2D eigenvalue weighted by Gasteiger charge is 2.09. The minimum absolute atomic E-state index is 0.464. The zero-order valence-corrected chi connectivity index (χ0v) is 13.3. The van der Waals surface area contributed by atoms with E-state index in [1.165, 1.54) is 0 Å². The number of hydrogen-bond donors (Lipinski definition) is 1. The monoisotopic (exact) mass is 359 g/mol. The second-order valence-electron chi connectivity index (χ2n) is 4.10. The van der Waals surface area contributed by atoms with Crippen LogP contribution in [0.5, 0.6) is 11.5 Å². The van der Waals surface area contributed by atoms with Crippen LogP contribution < -0.4 is 10.5 Å². The smallest absolute Gasteiger partial charge is 0.147 e. The maximum atomic E-state index is 6.14. The third-order valence-corrected chi connectivity index (χ3v) is 4.18. The average Bonchev–Trinajstić information content (AvgIpc) is 2.38. The summed E-state index contributed by atoms with van der Waals surface area (Å²) in [6.07, 6.45) is 0. The Balaban J connectivity index is 2.38. The van der Waals surface area contributed by atoms with Crippen molar-refractivity contribution in [3.05, 3.63) is 56.0 Å². The molecule has 19 heavy (non-hydrogen) atoms. The number of rotatable bonds is 3. The molecule has 0 spiro atoms. The Morgan fingerprint density at radius 1 is 1.11 bits per heavy atom. The first-order valence-corrected chi connectivity index (χ1v) is 7.18. The number of hydrogen-bond acceptors (Lipinski definition) is 2. The Labute approximate surface area is 130 Å². The number of benzene rings is 2. The van der Waals surface area contributed by atoms with Crippen LogP contribution in [0.1, 0.15) is 11.1 Å². The fraction of sp³-hybridized carbons (Fsp3) is 0.143. The highest BCUT2D eigenvalue weighted by molar-refractivity contribution is 9.10. The second-order valence-corrected chi connectivity index (χ2v) is 5.77. The van der Waals surface area contributed by atoms with E-state index < -0.39 is 0 Å². The van der Waals surface area contributed by atoms with Crippen molar-refractivity contribution in [1.29, 1.82) is 0 Å². The van der Waals surface area contributed by atoms with Crippen molar-refractivity contribution in [1.82, 2.24) is 0 Å². The minimum atomic E-state index is 0.464. The molecular weight excluding hydrogens is 349 g/mol. The van der Waals surface area contributed by atoms with Crippen LogP contribution in [0.3, 0.4) is 0 Å². The normalized spacial score (nSPS) is 10.6. The van der Waals surface area contributed by atoms with Gasteiger partial charge in [-0.3, -0.25) is 0 Å². The van der Waals surface area contributed by atoms with Crippen LogP contribution in [0.25, 0.3) is 0 Å². The minimum Gasteiger partial charge on any atom is -0.455 e. The first-order valence-electron chi connectivity index (χ1n) is 5.63. The third-order valence-electron chi connectivity index (χ3n) is 2.68. The van der Waals surface area contributed by atoms with Crippen molar-refractivity contribution in [2.45, 2.75) is 13.5 Å². The summed E-state index contributed by atoms with van der Waals surface area (Å²) >= 11 is 15.5. The molecule has 0 saturated heterocycles. The molecule has 100 valence electrons. The Hall–Kier alpha value is -0.740.